The lowest BCUT2D eigenvalue weighted by atomic mass is 9.95. The van der Waals surface area contributed by atoms with E-state index < -0.39 is 23.9 Å². The van der Waals surface area contributed by atoms with Crippen LogP contribution >= 0.6 is 11.3 Å². The number of rotatable bonds is 7. The normalized spacial score (nSPS) is 13.8. The van der Waals surface area contributed by atoms with Gasteiger partial charge in [-0.15, -0.1) is 11.3 Å². The maximum atomic E-state index is 12.9. The number of esters is 2. The molecule has 1 aliphatic carbocycles. The molecule has 1 aliphatic rings. The van der Waals surface area contributed by atoms with Crippen molar-refractivity contribution < 1.29 is 23.9 Å². The SMILES string of the molecule is CCOC(=O)c1c(NC(=O)C(CC)OC(=O)c2cccc(N)c2)sc2c1CCCC2. The molecule has 1 atom stereocenters. The van der Waals surface area contributed by atoms with Gasteiger partial charge in [0.25, 0.3) is 5.91 Å². The second-order valence-electron chi connectivity index (χ2n) is 7.05. The summed E-state index contributed by atoms with van der Waals surface area (Å²) in [5.41, 5.74) is 7.82. The first-order valence-electron chi connectivity index (χ1n) is 10.1. The molecule has 3 N–H and O–H groups in total. The quantitative estimate of drug-likeness (QED) is 0.508. The monoisotopic (exact) mass is 430 g/mol. The first kappa shape index (κ1) is 21.8. The second-order valence-corrected chi connectivity index (χ2v) is 8.16. The highest BCUT2D eigenvalue weighted by Gasteiger charge is 2.29. The third kappa shape index (κ3) is 4.81. The number of thiophene rings is 1. The van der Waals surface area contributed by atoms with Gasteiger partial charge in [0.15, 0.2) is 6.10 Å². The highest BCUT2D eigenvalue weighted by Crippen LogP contribution is 2.38. The summed E-state index contributed by atoms with van der Waals surface area (Å²) in [5.74, 6) is -1.53. The van der Waals surface area contributed by atoms with Crippen molar-refractivity contribution in [3.05, 3.63) is 45.8 Å². The van der Waals surface area contributed by atoms with Crippen LogP contribution in [0.4, 0.5) is 10.7 Å². The molecule has 160 valence electrons. The molecule has 2 aromatic rings. The Kier molecular flexibility index (Phi) is 7.10. The van der Waals surface area contributed by atoms with E-state index in [1.165, 1.54) is 17.4 Å². The van der Waals surface area contributed by atoms with E-state index >= 15 is 0 Å². The van der Waals surface area contributed by atoms with Crippen LogP contribution in [0, 0.1) is 0 Å². The Bertz CT molecular complexity index is 953. The Hall–Kier alpha value is -2.87. The molecule has 0 fully saturated rings. The molecule has 1 heterocycles. The maximum Gasteiger partial charge on any atom is 0.341 e. The Labute approximate surface area is 179 Å². The van der Waals surface area contributed by atoms with Crippen molar-refractivity contribution in [3.63, 3.8) is 0 Å². The molecule has 0 bridgehead atoms. The highest BCUT2D eigenvalue weighted by atomic mass is 32.1. The lowest BCUT2D eigenvalue weighted by Crippen LogP contribution is -2.32. The number of nitrogen functional groups attached to an aromatic ring is 1. The zero-order valence-corrected chi connectivity index (χ0v) is 18.0. The lowest BCUT2D eigenvalue weighted by molar-refractivity contribution is -0.124. The number of amides is 1. The van der Waals surface area contributed by atoms with E-state index in [1.807, 2.05) is 0 Å². The van der Waals surface area contributed by atoms with Gasteiger partial charge in [-0.3, -0.25) is 4.79 Å². The van der Waals surface area contributed by atoms with Crippen molar-refractivity contribution in [2.45, 2.75) is 52.1 Å². The molecule has 1 aromatic carbocycles. The van der Waals surface area contributed by atoms with Crippen LogP contribution in [0.2, 0.25) is 0 Å². The number of fused-ring (bicyclic) bond motifs is 1. The van der Waals surface area contributed by atoms with E-state index in [-0.39, 0.29) is 12.2 Å². The molecule has 0 radical (unpaired) electrons. The van der Waals surface area contributed by atoms with E-state index in [1.54, 1.807) is 32.0 Å². The van der Waals surface area contributed by atoms with Crippen molar-refractivity contribution in [3.8, 4) is 0 Å². The van der Waals surface area contributed by atoms with E-state index in [2.05, 4.69) is 5.32 Å². The number of carbonyl (C=O) groups is 3. The number of hydrogen-bond acceptors (Lipinski definition) is 7. The van der Waals surface area contributed by atoms with Gasteiger partial charge in [-0.25, -0.2) is 9.59 Å². The fourth-order valence-corrected chi connectivity index (χ4v) is 4.73. The standard InChI is InChI=1S/C22H26N2O5S/c1-3-16(29-21(26)13-8-7-9-14(23)12-13)19(25)24-20-18(22(27)28-4-2)15-10-5-6-11-17(15)30-20/h7-9,12,16H,3-6,10-11,23H2,1-2H3,(H,24,25). The van der Waals surface area contributed by atoms with Crippen LogP contribution in [0.3, 0.4) is 0 Å². The molecule has 0 saturated carbocycles. The lowest BCUT2D eigenvalue weighted by Gasteiger charge is -2.16. The van der Waals surface area contributed by atoms with E-state index in [0.29, 0.717) is 22.7 Å². The van der Waals surface area contributed by atoms with Gasteiger partial charge in [0.2, 0.25) is 0 Å². The molecule has 3 rings (SSSR count). The van der Waals surface area contributed by atoms with Crippen molar-refractivity contribution in [2.75, 3.05) is 17.7 Å². The number of carbonyl (C=O) groups excluding carboxylic acids is 3. The second kappa shape index (κ2) is 9.75. The maximum absolute atomic E-state index is 12.9. The number of nitrogens with two attached hydrogens (primary N) is 1. The fraction of sp³-hybridized carbons (Fsp3) is 0.409. The van der Waals surface area contributed by atoms with Gasteiger partial charge >= 0.3 is 11.9 Å². The van der Waals surface area contributed by atoms with Gasteiger partial charge in [0.05, 0.1) is 17.7 Å². The molecule has 8 heteroatoms. The zero-order chi connectivity index (χ0) is 21.7. The van der Waals surface area contributed by atoms with Gasteiger partial charge in [-0.2, -0.15) is 0 Å². The molecule has 1 unspecified atom stereocenters. The summed E-state index contributed by atoms with van der Waals surface area (Å²) < 4.78 is 10.6. The minimum absolute atomic E-state index is 0.256. The summed E-state index contributed by atoms with van der Waals surface area (Å²) >= 11 is 1.40. The Morgan fingerprint density at radius 1 is 1.17 bits per heavy atom. The molecule has 30 heavy (non-hydrogen) atoms. The summed E-state index contributed by atoms with van der Waals surface area (Å²) in [6, 6.07) is 6.39. The molecule has 7 nitrogen and oxygen atoms in total. The van der Waals surface area contributed by atoms with Gasteiger partial charge in [-0.1, -0.05) is 13.0 Å². The fourth-order valence-electron chi connectivity index (χ4n) is 3.45. The van der Waals surface area contributed by atoms with E-state index in [0.717, 1.165) is 36.1 Å². The Morgan fingerprint density at radius 2 is 1.93 bits per heavy atom. The van der Waals surface area contributed by atoms with Crippen LogP contribution in [-0.4, -0.2) is 30.6 Å². The predicted octanol–water partition coefficient (Wildman–Crippen LogP) is 3.96. The highest BCUT2D eigenvalue weighted by molar-refractivity contribution is 7.17. The average molecular weight is 431 g/mol. The number of ether oxygens (including phenoxy) is 2. The third-order valence-electron chi connectivity index (χ3n) is 4.92. The van der Waals surface area contributed by atoms with Gasteiger partial charge in [-0.05, 0) is 62.8 Å². The number of anilines is 2. The Morgan fingerprint density at radius 3 is 2.63 bits per heavy atom. The summed E-state index contributed by atoms with van der Waals surface area (Å²) in [4.78, 5) is 38.9. The van der Waals surface area contributed by atoms with Crippen LogP contribution < -0.4 is 11.1 Å². The van der Waals surface area contributed by atoms with Crippen molar-refractivity contribution in [2.24, 2.45) is 0 Å². The average Bonchev–Trinajstić information content (AvgIpc) is 3.09. The number of nitrogens with one attached hydrogen (secondary N) is 1. The topological polar surface area (TPSA) is 108 Å². The molecule has 0 spiro atoms. The first-order valence-corrected chi connectivity index (χ1v) is 10.9. The third-order valence-corrected chi connectivity index (χ3v) is 6.13. The first-order chi connectivity index (χ1) is 14.4. The van der Waals surface area contributed by atoms with Crippen molar-refractivity contribution >= 4 is 39.9 Å². The zero-order valence-electron chi connectivity index (χ0n) is 17.2. The number of benzene rings is 1. The molecular weight excluding hydrogens is 404 g/mol. The van der Waals surface area contributed by atoms with E-state index in [4.69, 9.17) is 15.2 Å². The minimum Gasteiger partial charge on any atom is -0.462 e. The molecular formula is C22H26N2O5S. The molecule has 1 amide bonds. The Balaban J connectivity index is 1.79. The smallest absolute Gasteiger partial charge is 0.341 e. The van der Waals surface area contributed by atoms with Crippen LogP contribution in [0.15, 0.2) is 24.3 Å². The van der Waals surface area contributed by atoms with Crippen LogP contribution in [0.25, 0.3) is 0 Å². The van der Waals surface area contributed by atoms with Crippen LogP contribution in [0.5, 0.6) is 0 Å². The number of aryl methyl sites for hydroxylation is 1. The van der Waals surface area contributed by atoms with Crippen LogP contribution in [0.1, 0.15) is 64.3 Å². The van der Waals surface area contributed by atoms with Crippen molar-refractivity contribution in [1.29, 1.82) is 0 Å². The molecule has 1 aromatic heterocycles. The molecule has 0 aliphatic heterocycles. The summed E-state index contributed by atoms with van der Waals surface area (Å²) in [7, 11) is 0. The number of hydrogen-bond donors (Lipinski definition) is 2. The summed E-state index contributed by atoms with van der Waals surface area (Å²) in [6.07, 6.45) is 3.02. The largest absolute Gasteiger partial charge is 0.462 e. The van der Waals surface area contributed by atoms with Crippen LogP contribution in [-0.2, 0) is 27.1 Å². The minimum atomic E-state index is -0.992. The van der Waals surface area contributed by atoms with Gasteiger partial charge < -0.3 is 20.5 Å². The molecule has 0 saturated heterocycles. The predicted molar refractivity (Wildman–Crippen MR) is 116 cm³/mol. The van der Waals surface area contributed by atoms with Crippen molar-refractivity contribution in [1.82, 2.24) is 0 Å². The van der Waals surface area contributed by atoms with Gasteiger partial charge in [0.1, 0.15) is 5.00 Å². The summed E-state index contributed by atoms with van der Waals surface area (Å²) in [6.45, 7) is 3.76. The van der Waals surface area contributed by atoms with Gasteiger partial charge in [0, 0.05) is 10.6 Å². The summed E-state index contributed by atoms with van der Waals surface area (Å²) in [5, 5.41) is 3.26. The van der Waals surface area contributed by atoms with E-state index in [9.17, 15) is 14.4 Å².